The average Bonchev–Trinajstić information content (AvgIpc) is 3.12. The number of piperidine rings is 1. The molecule has 0 bridgehead atoms. The first kappa shape index (κ1) is 22.9. The summed E-state index contributed by atoms with van der Waals surface area (Å²) in [4.78, 5) is 30.5. The molecule has 1 N–H and O–H groups in total. The minimum absolute atomic E-state index is 0.160. The van der Waals surface area contributed by atoms with Gasteiger partial charge in [0.25, 0.3) is 0 Å². The van der Waals surface area contributed by atoms with E-state index >= 15 is 0 Å². The van der Waals surface area contributed by atoms with Gasteiger partial charge in [-0.1, -0.05) is 41.4 Å². The van der Waals surface area contributed by atoms with Crippen LogP contribution in [-0.2, 0) is 22.7 Å². The number of carbonyl (C=O) groups is 2. The number of benzene rings is 1. The van der Waals surface area contributed by atoms with Crippen LogP contribution in [0, 0.1) is 0 Å². The molecule has 2 saturated heterocycles. The monoisotopic (exact) mass is 506 g/mol. The molecule has 2 atom stereocenters. The van der Waals surface area contributed by atoms with Gasteiger partial charge in [0.15, 0.2) is 5.15 Å². The summed E-state index contributed by atoms with van der Waals surface area (Å²) in [6.07, 6.45) is 2.56. The highest BCUT2D eigenvalue weighted by atomic mass is 35.5. The van der Waals surface area contributed by atoms with E-state index in [2.05, 4.69) is 48.4 Å². The number of carbonyl (C=O) groups excluding carboxylic acids is 2. The Labute approximate surface area is 207 Å². The fourth-order valence-corrected chi connectivity index (χ4v) is 5.66. The van der Waals surface area contributed by atoms with Gasteiger partial charge in [-0.25, -0.2) is 0 Å². The molecule has 0 aliphatic carbocycles. The molecule has 0 radical (unpaired) electrons. The smallest absolute Gasteiger partial charge is 0.243 e. The third-order valence-corrected chi connectivity index (χ3v) is 7.93. The third-order valence-electron chi connectivity index (χ3n) is 6.62. The standard InChI is InChI=1S/C22H24Cl2N6O2S/c23-19-17(10-25-27-20(19)24)29-7-5-28(6-8-29)11-13-1-2-14-12-30(22(33)15(14)9-13)16-3-4-18(31)26-21(16)32/h1-2,9-10,16,22,33H,3-8,11-12H2,(H,26,31,32). The summed E-state index contributed by atoms with van der Waals surface area (Å²) in [6.45, 7) is 4.93. The second kappa shape index (κ2) is 9.38. The van der Waals surface area contributed by atoms with Crippen LogP contribution < -0.4 is 10.2 Å². The summed E-state index contributed by atoms with van der Waals surface area (Å²) in [5.74, 6) is -0.418. The summed E-state index contributed by atoms with van der Waals surface area (Å²) in [7, 11) is 0. The van der Waals surface area contributed by atoms with Crippen molar-refractivity contribution in [1.29, 1.82) is 0 Å². The maximum Gasteiger partial charge on any atom is 0.243 e. The highest BCUT2D eigenvalue weighted by Gasteiger charge is 2.39. The Morgan fingerprint density at radius 1 is 1.15 bits per heavy atom. The zero-order valence-corrected chi connectivity index (χ0v) is 20.3. The predicted octanol–water partition coefficient (Wildman–Crippen LogP) is 2.65. The van der Waals surface area contributed by atoms with Gasteiger partial charge < -0.3 is 4.90 Å². The van der Waals surface area contributed by atoms with Crippen molar-refractivity contribution in [2.45, 2.75) is 37.3 Å². The second-order valence-corrected chi connectivity index (χ2v) is 9.87. The Kier molecular flexibility index (Phi) is 6.50. The predicted molar refractivity (Wildman–Crippen MR) is 129 cm³/mol. The van der Waals surface area contributed by atoms with Gasteiger partial charge in [0.2, 0.25) is 11.8 Å². The molecule has 2 fully saturated rings. The van der Waals surface area contributed by atoms with E-state index in [1.165, 1.54) is 11.1 Å². The van der Waals surface area contributed by atoms with Crippen molar-refractivity contribution in [2.24, 2.45) is 0 Å². The number of anilines is 1. The molecule has 1 aromatic carbocycles. The molecule has 0 saturated carbocycles. The van der Waals surface area contributed by atoms with Crippen LogP contribution in [0.25, 0.3) is 0 Å². The highest BCUT2D eigenvalue weighted by Crippen LogP contribution is 2.40. The lowest BCUT2D eigenvalue weighted by Crippen LogP contribution is -2.51. The van der Waals surface area contributed by atoms with Crippen molar-refractivity contribution in [3.63, 3.8) is 0 Å². The number of thiol groups is 1. The van der Waals surface area contributed by atoms with Crippen LogP contribution in [0.1, 0.15) is 34.9 Å². The molecule has 2 unspecified atom stereocenters. The number of amides is 2. The SMILES string of the molecule is O=C1CCC(N2Cc3ccc(CN4CCN(c5cnnc(Cl)c5Cl)CC4)cc3C2S)C(=O)N1. The molecule has 1 aromatic heterocycles. The zero-order chi connectivity index (χ0) is 23.1. The third kappa shape index (κ3) is 4.57. The summed E-state index contributed by atoms with van der Waals surface area (Å²) < 4.78 is 0. The fourth-order valence-electron chi connectivity index (χ4n) is 4.83. The normalized spacial score (nSPS) is 24.2. The molecule has 0 spiro atoms. The van der Waals surface area contributed by atoms with Gasteiger partial charge in [0.05, 0.1) is 23.3 Å². The summed E-state index contributed by atoms with van der Waals surface area (Å²) >= 11 is 17.1. The summed E-state index contributed by atoms with van der Waals surface area (Å²) in [6, 6.07) is 6.18. The number of halogens is 2. The van der Waals surface area contributed by atoms with Crippen molar-refractivity contribution >= 4 is 53.3 Å². The number of piperazine rings is 1. The molecule has 5 rings (SSSR count). The van der Waals surface area contributed by atoms with E-state index in [0.717, 1.165) is 44.0 Å². The van der Waals surface area contributed by atoms with E-state index in [1.807, 2.05) is 0 Å². The van der Waals surface area contributed by atoms with Crippen LogP contribution in [0.3, 0.4) is 0 Å². The number of nitrogens with zero attached hydrogens (tertiary/aromatic N) is 5. The Morgan fingerprint density at radius 2 is 1.94 bits per heavy atom. The number of aromatic nitrogens is 2. The average molecular weight is 507 g/mol. The number of rotatable bonds is 4. The van der Waals surface area contributed by atoms with Crippen molar-refractivity contribution in [3.8, 4) is 0 Å². The van der Waals surface area contributed by atoms with Crippen molar-refractivity contribution in [2.75, 3.05) is 31.1 Å². The lowest BCUT2D eigenvalue weighted by Gasteiger charge is -2.36. The van der Waals surface area contributed by atoms with E-state index in [9.17, 15) is 9.59 Å². The van der Waals surface area contributed by atoms with Crippen LogP contribution >= 0.6 is 35.8 Å². The quantitative estimate of drug-likeness (QED) is 0.487. The maximum atomic E-state index is 12.3. The molecule has 174 valence electrons. The first-order valence-corrected chi connectivity index (χ1v) is 12.2. The largest absolute Gasteiger partial charge is 0.366 e. The van der Waals surface area contributed by atoms with Crippen molar-refractivity contribution < 1.29 is 9.59 Å². The molecule has 3 aliphatic heterocycles. The Morgan fingerprint density at radius 3 is 2.70 bits per heavy atom. The van der Waals surface area contributed by atoms with Crippen molar-refractivity contribution in [3.05, 3.63) is 51.3 Å². The first-order valence-electron chi connectivity index (χ1n) is 10.9. The fraction of sp³-hybridized carbons (Fsp3) is 0.455. The number of hydrogen-bond acceptors (Lipinski definition) is 8. The number of fused-ring (bicyclic) bond motifs is 1. The van der Waals surface area contributed by atoms with Gasteiger partial charge in [0.1, 0.15) is 5.02 Å². The van der Waals surface area contributed by atoms with E-state index in [-0.39, 0.29) is 28.4 Å². The first-order chi connectivity index (χ1) is 15.9. The zero-order valence-electron chi connectivity index (χ0n) is 17.9. The van der Waals surface area contributed by atoms with Crippen LogP contribution in [0.15, 0.2) is 24.4 Å². The molecule has 8 nitrogen and oxygen atoms in total. The minimum Gasteiger partial charge on any atom is -0.366 e. The maximum absolute atomic E-state index is 12.3. The molecule has 2 aromatic rings. The Bertz CT molecular complexity index is 1090. The minimum atomic E-state index is -0.322. The molecule has 2 amide bonds. The van der Waals surface area contributed by atoms with Crippen molar-refractivity contribution in [1.82, 2.24) is 25.3 Å². The van der Waals surface area contributed by atoms with Gasteiger partial charge >= 0.3 is 0 Å². The molecule has 4 heterocycles. The molecule has 3 aliphatic rings. The number of imide groups is 1. The second-order valence-electron chi connectivity index (χ2n) is 8.64. The van der Waals surface area contributed by atoms with Gasteiger partial charge in [-0.15, -0.1) is 5.10 Å². The molecule has 33 heavy (non-hydrogen) atoms. The van der Waals surface area contributed by atoms with Crippen LogP contribution in [-0.4, -0.2) is 64.0 Å². The Balaban J connectivity index is 1.22. The van der Waals surface area contributed by atoms with E-state index in [0.29, 0.717) is 24.4 Å². The highest BCUT2D eigenvalue weighted by molar-refractivity contribution is 7.80. The van der Waals surface area contributed by atoms with E-state index < -0.39 is 0 Å². The molecular weight excluding hydrogens is 483 g/mol. The van der Waals surface area contributed by atoms with Crippen LogP contribution in [0.4, 0.5) is 5.69 Å². The van der Waals surface area contributed by atoms with Gasteiger partial charge in [-0.3, -0.25) is 24.7 Å². The molecular formula is C22H24Cl2N6O2S. The number of hydrogen-bond donors (Lipinski definition) is 2. The Hall–Kier alpha value is -1.91. The van der Waals surface area contributed by atoms with Gasteiger partial charge in [-0.05, 0) is 23.1 Å². The van der Waals surface area contributed by atoms with Crippen LogP contribution in [0.2, 0.25) is 10.2 Å². The van der Waals surface area contributed by atoms with Gasteiger partial charge in [0, 0.05) is 45.7 Å². The lowest BCUT2D eigenvalue weighted by atomic mass is 10.0. The summed E-state index contributed by atoms with van der Waals surface area (Å²) in [5.41, 5.74) is 4.37. The topological polar surface area (TPSA) is 81.7 Å². The summed E-state index contributed by atoms with van der Waals surface area (Å²) in [5, 5.41) is 10.7. The lowest BCUT2D eigenvalue weighted by molar-refractivity contribution is -0.137. The molecule has 11 heteroatoms. The van der Waals surface area contributed by atoms with E-state index in [1.54, 1.807) is 6.20 Å². The van der Waals surface area contributed by atoms with Crippen LogP contribution in [0.5, 0.6) is 0 Å². The van der Waals surface area contributed by atoms with Gasteiger partial charge in [-0.2, -0.15) is 17.7 Å². The van der Waals surface area contributed by atoms with E-state index in [4.69, 9.17) is 35.8 Å². The number of nitrogens with one attached hydrogen (secondary N) is 1.